The molecule has 3 heterocycles. The van der Waals surface area contributed by atoms with E-state index >= 15 is 0 Å². The van der Waals surface area contributed by atoms with Gasteiger partial charge in [-0.1, -0.05) is 42.5 Å². The molecule has 2 aliphatic rings. The fourth-order valence-electron chi connectivity index (χ4n) is 5.73. The molecule has 9 nitrogen and oxygen atoms in total. The Labute approximate surface area is 246 Å². The van der Waals surface area contributed by atoms with Crippen molar-refractivity contribution in [3.8, 4) is 11.4 Å². The molecule has 1 unspecified atom stereocenters. The number of anilines is 1. The number of amides is 1. The molecular weight excluding hydrogens is 548 g/mol. The van der Waals surface area contributed by atoms with Gasteiger partial charge in [0, 0.05) is 55.5 Å². The van der Waals surface area contributed by atoms with Crippen LogP contribution in [0.1, 0.15) is 46.1 Å². The second-order valence-electron chi connectivity index (χ2n) is 11.3. The number of nitrogens with one attached hydrogen (secondary N) is 2. The van der Waals surface area contributed by atoms with Crippen LogP contribution >= 0.6 is 0 Å². The SMILES string of the molecule is O=C(Nc1ccc(-c2n[nH]c(C3CCCN(Cc4ccccc4)C3)n2)cc1)c1cccc(CN2CCS(=O)(=O)CC2)c1. The molecule has 10 heteroatoms. The van der Waals surface area contributed by atoms with E-state index in [2.05, 4.69) is 55.6 Å². The topological polar surface area (TPSA) is 111 Å². The lowest BCUT2D eigenvalue weighted by Gasteiger charge is -2.31. The highest BCUT2D eigenvalue weighted by Crippen LogP contribution is 2.27. The molecule has 2 N–H and O–H groups in total. The van der Waals surface area contributed by atoms with Crippen LogP contribution in [-0.2, 0) is 22.9 Å². The number of benzene rings is 3. The molecule has 1 aromatic heterocycles. The number of carbonyl (C=O) groups is 1. The van der Waals surface area contributed by atoms with E-state index in [1.165, 1.54) is 5.56 Å². The number of rotatable bonds is 8. The lowest BCUT2D eigenvalue weighted by atomic mass is 9.97. The Bertz CT molecular complexity index is 1610. The van der Waals surface area contributed by atoms with Crippen molar-refractivity contribution in [2.75, 3.05) is 43.0 Å². The highest BCUT2D eigenvalue weighted by molar-refractivity contribution is 7.91. The van der Waals surface area contributed by atoms with Gasteiger partial charge in [-0.2, -0.15) is 5.10 Å². The Morgan fingerprint density at radius 1 is 0.881 bits per heavy atom. The molecule has 0 saturated carbocycles. The van der Waals surface area contributed by atoms with Crippen LogP contribution in [-0.4, -0.2) is 77.0 Å². The first-order valence-electron chi connectivity index (χ1n) is 14.5. The first kappa shape index (κ1) is 28.3. The lowest BCUT2D eigenvalue weighted by molar-refractivity contribution is 0.102. The summed E-state index contributed by atoms with van der Waals surface area (Å²) < 4.78 is 23.4. The third-order valence-corrected chi connectivity index (χ3v) is 9.69. The van der Waals surface area contributed by atoms with Gasteiger partial charge in [0.25, 0.3) is 5.91 Å². The van der Waals surface area contributed by atoms with E-state index in [9.17, 15) is 13.2 Å². The van der Waals surface area contributed by atoms with Gasteiger partial charge in [-0.15, -0.1) is 0 Å². The van der Waals surface area contributed by atoms with Crippen molar-refractivity contribution in [3.63, 3.8) is 0 Å². The fourth-order valence-corrected chi connectivity index (χ4v) is 7.01. The average molecular weight is 585 g/mol. The largest absolute Gasteiger partial charge is 0.322 e. The number of H-pyrrole nitrogens is 1. The number of aromatic nitrogens is 3. The van der Waals surface area contributed by atoms with Gasteiger partial charge in [-0.05, 0) is 66.9 Å². The normalized spacial score (nSPS) is 19.4. The molecule has 6 rings (SSSR count). The van der Waals surface area contributed by atoms with Crippen LogP contribution < -0.4 is 5.32 Å². The van der Waals surface area contributed by atoms with Crippen LogP contribution in [0.25, 0.3) is 11.4 Å². The lowest BCUT2D eigenvalue weighted by Crippen LogP contribution is -2.39. The molecule has 1 atom stereocenters. The molecule has 4 aromatic rings. The van der Waals surface area contributed by atoms with E-state index in [0.29, 0.717) is 42.6 Å². The second-order valence-corrected chi connectivity index (χ2v) is 13.6. The molecule has 0 radical (unpaired) electrons. The zero-order chi connectivity index (χ0) is 28.9. The van der Waals surface area contributed by atoms with Crippen molar-refractivity contribution in [2.24, 2.45) is 0 Å². The zero-order valence-corrected chi connectivity index (χ0v) is 24.4. The predicted octanol–water partition coefficient (Wildman–Crippen LogP) is 4.33. The summed E-state index contributed by atoms with van der Waals surface area (Å²) in [5.74, 6) is 2.08. The number of carbonyl (C=O) groups excluding carboxylic acids is 1. The molecule has 218 valence electrons. The van der Waals surface area contributed by atoms with Gasteiger partial charge in [-0.3, -0.25) is 19.7 Å². The van der Waals surface area contributed by atoms with E-state index in [4.69, 9.17) is 4.98 Å². The van der Waals surface area contributed by atoms with Gasteiger partial charge < -0.3 is 5.32 Å². The van der Waals surface area contributed by atoms with Crippen molar-refractivity contribution in [1.82, 2.24) is 25.0 Å². The number of likely N-dealkylation sites (tertiary alicyclic amines) is 1. The third kappa shape index (κ3) is 7.13. The summed E-state index contributed by atoms with van der Waals surface area (Å²) in [7, 11) is -2.92. The number of piperidine rings is 1. The van der Waals surface area contributed by atoms with Crippen LogP contribution in [0, 0.1) is 0 Å². The predicted molar refractivity (Wildman–Crippen MR) is 164 cm³/mol. The number of sulfone groups is 1. The minimum Gasteiger partial charge on any atom is -0.322 e. The van der Waals surface area contributed by atoms with Crippen molar-refractivity contribution in [2.45, 2.75) is 31.8 Å². The van der Waals surface area contributed by atoms with Crippen LogP contribution in [0.2, 0.25) is 0 Å². The van der Waals surface area contributed by atoms with Gasteiger partial charge >= 0.3 is 0 Å². The third-order valence-electron chi connectivity index (χ3n) is 8.08. The summed E-state index contributed by atoms with van der Waals surface area (Å²) in [5, 5.41) is 10.6. The Balaban J connectivity index is 1.04. The number of nitrogens with zero attached hydrogens (tertiary/aromatic N) is 4. The molecule has 2 aliphatic heterocycles. The Hall–Kier alpha value is -3.86. The molecule has 2 saturated heterocycles. The number of aromatic amines is 1. The Kier molecular flexibility index (Phi) is 8.46. The smallest absolute Gasteiger partial charge is 0.255 e. The van der Waals surface area contributed by atoms with Crippen LogP contribution in [0.15, 0.2) is 78.9 Å². The summed E-state index contributed by atoms with van der Waals surface area (Å²) >= 11 is 0. The van der Waals surface area contributed by atoms with Gasteiger partial charge in [0.05, 0.1) is 11.5 Å². The number of hydrogen-bond donors (Lipinski definition) is 2. The highest BCUT2D eigenvalue weighted by atomic mass is 32.2. The van der Waals surface area contributed by atoms with Crippen molar-refractivity contribution < 1.29 is 13.2 Å². The van der Waals surface area contributed by atoms with Crippen molar-refractivity contribution in [3.05, 3.63) is 101 Å². The molecule has 0 spiro atoms. The maximum absolute atomic E-state index is 13.0. The quantitative estimate of drug-likeness (QED) is 0.317. The van der Waals surface area contributed by atoms with E-state index in [1.807, 2.05) is 42.5 Å². The Morgan fingerprint density at radius 3 is 2.40 bits per heavy atom. The van der Waals surface area contributed by atoms with Crippen molar-refractivity contribution >= 4 is 21.4 Å². The van der Waals surface area contributed by atoms with E-state index < -0.39 is 9.84 Å². The molecule has 2 fully saturated rings. The van der Waals surface area contributed by atoms with Gasteiger partial charge in [0.1, 0.15) is 5.82 Å². The molecule has 0 bridgehead atoms. The monoisotopic (exact) mass is 584 g/mol. The zero-order valence-electron chi connectivity index (χ0n) is 23.6. The highest BCUT2D eigenvalue weighted by Gasteiger charge is 2.25. The standard InChI is InChI=1S/C32H36N6O3S/c39-32(27-9-4-8-25(20-27)22-37-16-18-42(40,41)19-17-37)33-29-13-11-26(12-14-29)30-34-31(36-35-30)28-10-5-15-38(23-28)21-24-6-2-1-3-7-24/h1-4,6-9,11-14,20,28H,5,10,15-19,21-23H2,(H,33,39)(H,34,35,36). The summed E-state index contributed by atoms with van der Waals surface area (Å²) in [5.41, 5.74) is 4.45. The van der Waals surface area contributed by atoms with Crippen molar-refractivity contribution in [1.29, 1.82) is 0 Å². The van der Waals surface area contributed by atoms with Gasteiger partial charge in [-0.25, -0.2) is 13.4 Å². The van der Waals surface area contributed by atoms with Crippen LogP contribution in [0.5, 0.6) is 0 Å². The van der Waals surface area contributed by atoms with E-state index in [0.717, 1.165) is 49.4 Å². The average Bonchev–Trinajstić information content (AvgIpc) is 3.50. The Morgan fingerprint density at radius 2 is 1.62 bits per heavy atom. The summed E-state index contributed by atoms with van der Waals surface area (Å²) in [4.78, 5) is 22.4. The minimum atomic E-state index is -2.92. The molecule has 42 heavy (non-hydrogen) atoms. The van der Waals surface area contributed by atoms with Crippen LogP contribution in [0.4, 0.5) is 5.69 Å². The van der Waals surface area contributed by atoms with E-state index in [1.54, 1.807) is 6.07 Å². The maximum atomic E-state index is 13.0. The minimum absolute atomic E-state index is 0.187. The second kappa shape index (κ2) is 12.6. The molecule has 1 amide bonds. The fraction of sp³-hybridized carbons (Fsp3) is 0.344. The first-order valence-corrected chi connectivity index (χ1v) is 16.3. The summed E-state index contributed by atoms with van der Waals surface area (Å²) in [6.07, 6.45) is 2.22. The first-order chi connectivity index (χ1) is 20.4. The summed E-state index contributed by atoms with van der Waals surface area (Å²) in [6.45, 7) is 4.65. The summed E-state index contributed by atoms with van der Waals surface area (Å²) in [6, 6.07) is 25.6. The molecule has 0 aliphatic carbocycles. The number of hydrogen-bond acceptors (Lipinski definition) is 7. The van der Waals surface area contributed by atoms with Gasteiger partial charge in [0.15, 0.2) is 15.7 Å². The molecule has 3 aromatic carbocycles. The maximum Gasteiger partial charge on any atom is 0.255 e. The van der Waals surface area contributed by atoms with Crippen LogP contribution in [0.3, 0.4) is 0 Å². The molecular formula is C32H36N6O3S. The van der Waals surface area contributed by atoms with Gasteiger partial charge in [0.2, 0.25) is 0 Å². The van der Waals surface area contributed by atoms with E-state index in [-0.39, 0.29) is 17.4 Å².